The first-order valence-electron chi connectivity index (χ1n) is 20.5. The second kappa shape index (κ2) is 13.2. The van der Waals surface area contributed by atoms with Crippen LogP contribution in [0.15, 0.2) is 192 Å². The predicted octanol–water partition coefficient (Wildman–Crippen LogP) is 14.7. The fraction of sp³-hybridized carbons (Fsp3) is 0.0536. The number of fused-ring (bicyclic) bond motifs is 9. The summed E-state index contributed by atoms with van der Waals surface area (Å²) < 4.78 is 6.51. The molecule has 12 rings (SSSR count). The number of hydrogen-bond donors (Lipinski definition) is 0. The summed E-state index contributed by atoms with van der Waals surface area (Å²) in [5.74, 6) is 1.92. The number of aromatic nitrogens is 3. The van der Waals surface area contributed by atoms with E-state index in [1.54, 1.807) is 0 Å². The summed E-state index contributed by atoms with van der Waals surface area (Å²) in [5.41, 5.74) is 13.9. The lowest BCUT2D eigenvalue weighted by atomic mass is 9.82. The van der Waals surface area contributed by atoms with Crippen LogP contribution in [0, 0.1) is 0 Å². The highest BCUT2D eigenvalue weighted by Gasteiger charge is 2.37. The molecule has 0 atom stereocenters. The number of hydrogen-bond acceptors (Lipinski definition) is 4. The van der Waals surface area contributed by atoms with E-state index in [0.29, 0.717) is 17.5 Å². The molecule has 0 spiro atoms. The molecule has 0 radical (unpaired) electrons. The van der Waals surface area contributed by atoms with Gasteiger partial charge in [-0.1, -0.05) is 172 Å². The van der Waals surface area contributed by atoms with Crippen molar-refractivity contribution >= 4 is 43.5 Å². The van der Waals surface area contributed by atoms with Crippen LogP contribution in [0.4, 0.5) is 0 Å². The molecule has 2 heterocycles. The fourth-order valence-electron chi connectivity index (χ4n) is 9.55. The average molecular weight is 768 g/mol. The Hall–Kier alpha value is -7.69. The van der Waals surface area contributed by atoms with E-state index in [1.165, 1.54) is 49.4 Å². The standard InChI is InChI=1S/C56H37N3O/c1-56(2)47-22-9-8-19-44(47)51-45(21-11-23-48(51)56)55-58-53(35-14-4-3-5-15-35)57-54(59-55)40-17-10-16-38(32-40)43-20-12-24-50-52(43)46-33-37(28-30-49(46)60-50)36-27-29-42-39(31-36)26-25-34-13-6-7-18-41(34)42/h3-33H,1-2H3. The van der Waals surface area contributed by atoms with Gasteiger partial charge in [0.2, 0.25) is 0 Å². The van der Waals surface area contributed by atoms with Crippen LogP contribution >= 0.6 is 0 Å². The third-order valence-electron chi connectivity index (χ3n) is 12.5. The van der Waals surface area contributed by atoms with Crippen LogP contribution in [0.1, 0.15) is 25.0 Å². The molecule has 0 N–H and O–H groups in total. The van der Waals surface area contributed by atoms with Crippen molar-refractivity contribution in [1.29, 1.82) is 0 Å². The minimum atomic E-state index is -0.141. The molecule has 0 unspecified atom stereocenters. The van der Waals surface area contributed by atoms with E-state index in [-0.39, 0.29) is 5.41 Å². The third kappa shape index (κ3) is 5.34. The maximum atomic E-state index is 6.51. The van der Waals surface area contributed by atoms with Gasteiger partial charge in [-0.2, -0.15) is 0 Å². The molecule has 0 saturated heterocycles. The lowest BCUT2D eigenvalue weighted by molar-refractivity contribution is 0.660. The Labute approximate surface area is 347 Å². The SMILES string of the molecule is CC1(C)c2ccccc2-c2c(-c3nc(-c4ccccc4)nc(-c4cccc(-c5cccc6oc7ccc(-c8ccc9c(ccc%10ccccc%109)c8)cc7c56)c4)n3)cccc21. The van der Waals surface area contributed by atoms with E-state index < -0.39 is 0 Å². The van der Waals surface area contributed by atoms with Gasteiger partial charge in [0.15, 0.2) is 17.5 Å². The van der Waals surface area contributed by atoms with Gasteiger partial charge in [-0.25, -0.2) is 15.0 Å². The molecule has 4 nitrogen and oxygen atoms in total. The second-order valence-electron chi connectivity index (χ2n) is 16.4. The smallest absolute Gasteiger partial charge is 0.164 e. The number of benzene rings is 9. The Morgan fingerprint density at radius 3 is 1.92 bits per heavy atom. The zero-order valence-corrected chi connectivity index (χ0v) is 33.1. The summed E-state index contributed by atoms with van der Waals surface area (Å²) in [4.78, 5) is 15.6. The Morgan fingerprint density at radius 2 is 1.00 bits per heavy atom. The summed E-state index contributed by atoms with van der Waals surface area (Å²) in [5, 5.41) is 7.17. The van der Waals surface area contributed by atoms with E-state index in [2.05, 4.69) is 184 Å². The summed E-state index contributed by atoms with van der Waals surface area (Å²) >= 11 is 0. The van der Waals surface area contributed by atoms with E-state index in [1.807, 2.05) is 18.2 Å². The van der Waals surface area contributed by atoms with Gasteiger partial charge in [-0.15, -0.1) is 0 Å². The minimum Gasteiger partial charge on any atom is -0.456 e. The molecule has 9 aromatic carbocycles. The average Bonchev–Trinajstić information content (AvgIpc) is 3.80. The molecular weight excluding hydrogens is 731 g/mol. The fourth-order valence-corrected chi connectivity index (χ4v) is 9.55. The van der Waals surface area contributed by atoms with Gasteiger partial charge < -0.3 is 4.42 Å². The van der Waals surface area contributed by atoms with Crippen molar-refractivity contribution in [2.75, 3.05) is 0 Å². The van der Waals surface area contributed by atoms with Crippen molar-refractivity contribution < 1.29 is 4.42 Å². The first-order valence-corrected chi connectivity index (χ1v) is 20.5. The largest absolute Gasteiger partial charge is 0.456 e. The molecule has 1 aliphatic carbocycles. The highest BCUT2D eigenvalue weighted by molar-refractivity contribution is 6.14. The molecule has 0 amide bonds. The summed E-state index contributed by atoms with van der Waals surface area (Å²) in [6.07, 6.45) is 0. The van der Waals surface area contributed by atoms with Crippen molar-refractivity contribution in [3.63, 3.8) is 0 Å². The zero-order chi connectivity index (χ0) is 40.0. The maximum Gasteiger partial charge on any atom is 0.164 e. The Bertz CT molecular complexity index is 3530. The normalized spacial score (nSPS) is 13.0. The molecule has 0 aliphatic heterocycles. The van der Waals surface area contributed by atoms with Crippen molar-refractivity contribution in [2.45, 2.75) is 19.3 Å². The van der Waals surface area contributed by atoms with Gasteiger partial charge in [0, 0.05) is 32.9 Å². The summed E-state index contributed by atoms with van der Waals surface area (Å²) in [6, 6.07) is 66.7. The van der Waals surface area contributed by atoms with Gasteiger partial charge in [-0.05, 0) is 96.4 Å². The van der Waals surface area contributed by atoms with Crippen molar-refractivity contribution in [3.8, 4) is 67.5 Å². The first kappa shape index (κ1) is 34.4. The molecule has 2 aromatic heterocycles. The van der Waals surface area contributed by atoms with E-state index >= 15 is 0 Å². The monoisotopic (exact) mass is 767 g/mol. The van der Waals surface area contributed by atoms with Crippen LogP contribution in [0.3, 0.4) is 0 Å². The first-order chi connectivity index (χ1) is 29.5. The van der Waals surface area contributed by atoms with Crippen molar-refractivity contribution in [2.24, 2.45) is 0 Å². The molecule has 11 aromatic rings. The number of rotatable bonds is 5. The Kier molecular flexibility index (Phi) is 7.54. The topological polar surface area (TPSA) is 51.8 Å². The minimum absolute atomic E-state index is 0.141. The van der Waals surface area contributed by atoms with Crippen LogP contribution in [-0.2, 0) is 5.41 Å². The van der Waals surface area contributed by atoms with E-state index in [4.69, 9.17) is 19.4 Å². The third-order valence-corrected chi connectivity index (χ3v) is 12.5. The molecule has 1 aliphatic rings. The highest BCUT2D eigenvalue weighted by atomic mass is 16.3. The zero-order valence-electron chi connectivity index (χ0n) is 33.1. The van der Waals surface area contributed by atoms with Crippen molar-refractivity contribution in [3.05, 3.63) is 199 Å². The lowest BCUT2D eigenvalue weighted by Gasteiger charge is -2.21. The molecule has 0 fully saturated rings. The lowest BCUT2D eigenvalue weighted by Crippen LogP contribution is -2.14. The maximum absolute atomic E-state index is 6.51. The summed E-state index contributed by atoms with van der Waals surface area (Å²) in [7, 11) is 0. The van der Waals surface area contributed by atoms with Gasteiger partial charge in [0.25, 0.3) is 0 Å². The van der Waals surface area contributed by atoms with Crippen LogP contribution in [0.5, 0.6) is 0 Å². The van der Waals surface area contributed by atoms with Gasteiger partial charge in [0.1, 0.15) is 11.2 Å². The van der Waals surface area contributed by atoms with Crippen LogP contribution in [0.25, 0.3) is 111 Å². The number of furan rings is 1. The van der Waals surface area contributed by atoms with Gasteiger partial charge in [0.05, 0.1) is 0 Å². The number of nitrogens with zero attached hydrogens (tertiary/aromatic N) is 3. The molecular formula is C56H37N3O. The highest BCUT2D eigenvalue weighted by Crippen LogP contribution is 2.52. The molecule has 4 heteroatoms. The Balaban J connectivity index is 0.997. The van der Waals surface area contributed by atoms with Gasteiger partial charge in [-0.3, -0.25) is 0 Å². The van der Waals surface area contributed by atoms with E-state index in [9.17, 15) is 0 Å². The Morgan fingerprint density at radius 1 is 0.367 bits per heavy atom. The summed E-state index contributed by atoms with van der Waals surface area (Å²) in [6.45, 7) is 4.60. The van der Waals surface area contributed by atoms with Gasteiger partial charge >= 0.3 is 0 Å². The molecule has 0 bridgehead atoms. The van der Waals surface area contributed by atoms with Crippen LogP contribution < -0.4 is 0 Å². The van der Waals surface area contributed by atoms with Crippen LogP contribution in [-0.4, -0.2) is 15.0 Å². The van der Waals surface area contributed by atoms with Crippen LogP contribution in [0.2, 0.25) is 0 Å². The molecule has 0 saturated carbocycles. The molecule has 60 heavy (non-hydrogen) atoms. The van der Waals surface area contributed by atoms with Crippen molar-refractivity contribution in [1.82, 2.24) is 15.0 Å². The quantitative estimate of drug-likeness (QED) is 0.164. The van der Waals surface area contributed by atoms with E-state index in [0.717, 1.165) is 55.3 Å². The predicted molar refractivity (Wildman–Crippen MR) is 247 cm³/mol. The second-order valence-corrected chi connectivity index (χ2v) is 16.4. The molecule has 282 valence electrons.